The van der Waals surface area contributed by atoms with Crippen LogP contribution in [0.3, 0.4) is 0 Å². The summed E-state index contributed by atoms with van der Waals surface area (Å²) >= 11 is 5.76. The van der Waals surface area contributed by atoms with Gasteiger partial charge in [0, 0.05) is 5.02 Å². The molecule has 3 rings (SSSR count). The van der Waals surface area contributed by atoms with Crippen LogP contribution in [0.25, 0.3) is 0 Å². The van der Waals surface area contributed by atoms with Crippen molar-refractivity contribution in [2.24, 2.45) is 0 Å². The number of hydrogen-bond donors (Lipinski definition) is 0. The van der Waals surface area contributed by atoms with Gasteiger partial charge in [0.1, 0.15) is 22.1 Å². The van der Waals surface area contributed by atoms with Crippen LogP contribution in [0.4, 0.5) is 0 Å². The Hall–Kier alpha value is -2.50. The van der Waals surface area contributed by atoms with Crippen molar-refractivity contribution in [1.82, 2.24) is 0 Å². The van der Waals surface area contributed by atoms with E-state index in [1.54, 1.807) is 12.1 Å². The van der Waals surface area contributed by atoms with Gasteiger partial charge in [-0.1, -0.05) is 29.8 Å². The SMILES string of the molecule is O=S(=O)(Oc1ccc(Oc2ccccc2)cc1)c1ccc(Cl)cc1. The second-order valence-corrected chi connectivity index (χ2v) is 6.86. The molecular weight excluding hydrogens is 348 g/mol. The Balaban J connectivity index is 1.73. The van der Waals surface area contributed by atoms with E-state index in [9.17, 15) is 8.42 Å². The highest BCUT2D eigenvalue weighted by atomic mass is 35.5. The largest absolute Gasteiger partial charge is 0.457 e. The fourth-order valence-corrected chi connectivity index (χ4v) is 3.02. The third-order valence-electron chi connectivity index (χ3n) is 3.11. The molecule has 3 aromatic carbocycles. The Morgan fingerprint density at radius 3 is 1.83 bits per heavy atom. The molecule has 0 radical (unpaired) electrons. The van der Waals surface area contributed by atoms with Gasteiger partial charge in [-0.15, -0.1) is 0 Å². The second kappa shape index (κ2) is 6.95. The monoisotopic (exact) mass is 360 g/mol. The molecule has 0 fully saturated rings. The molecule has 0 aromatic heterocycles. The van der Waals surface area contributed by atoms with Gasteiger partial charge in [0.05, 0.1) is 0 Å². The highest BCUT2D eigenvalue weighted by Crippen LogP contribution is 2.25. The summed E-state index contributed by atoms with van der Waals surface area (Å²) in [6.45, 7) is 0. The zero-order chi connectivity index (χ0) is 17.0. The molecule has 3 aromatic rings. The van der Waals surface area contributed by atoms with E-state index in [1.165, 1.54) is 36.4 Å². The van der Waals surface area contributed by atoms with E-state index in [0.717, 1.165) is 0 Å². The van der Waals surface area contributed by atoms with Crippen molar-refractivity contribution in [2.75, 3.05) is 0 Å². The number of rotatable bonds is 5. The molecule has 0 aliphatic heterocycles. The van der Waals surface area contributed by atoms with Crippen molar-refractivity contribution >= 4 is 21.7 Å². The quantitative estimate of drug-likeness (QED) is 0.607. The molecule has 0 saturated carbocycles. The van der Waals surface area contributed by atoms with Crippen LogP contribution in [0, 0.1) is 0 Å². The molecule has 0 heterocycles. The van der Waals surface area contributed by atoms with Gasteiger partial charge in [-0.25, -0.2) is 0 Å². The average molecular weight is 361 g/mol. The molecule has 0 saturated heterocycles. The van der Waals surface area contributed by atoms with E-state index >= 15 is 0 Å². The van der Waals surface area contributed by atoms with Crippen LogP contribution in [0.1, 0.15) is 0 Å². The number of halogens is 1. The summed E-state index contributed by atoms with van der Waals surface area (Å²) in [5.74, 6) is 1.47. The second-order valence-electron chi connectivity index (χ2n) is 4.88. The van der Waals surface area contributed by atoms with Crippen LogP contribution in [0.2, 0.25) is 5.02 Å². The summed E-state index contributed by atoms with van der Waals surface area (Å²) in [6, 6.07) is 21.4. The molecule has 122 valence electrons. The predicted molar refractivity (Wildman–Crippen MR) is 92.2 cm³/mol. The lowest BCUT2D eigenvalue weighted by Crippen LogP contribution is -2.09. The fourth-order valence-electron chi connectivity index (χ4n) is 1.96. The van der Waals surface area contributed by atoms with Gasteiger partial charge in [-0.3, -0.25) is 0 Å². The van der Waals surface area contributed by atoms with Gasteiger partial charge in [-0.05, 0) is 60.7 Å². The zero-order valence-corrected chi connectivity index (χ0v) is 14.0. The van der Waals surface area contributed by atoms with Crippen LogP contribution < -0.4 is 8.92 Å². The molecule has 0 N–H and O–H groups in total. The van der Waals surface area contributed by atoms with Crippen molar-refractivity contribution in [2.45, 2.75) is 4.90 Å². The first-order valence-corrected chi connectivity index (χ1v) is 8.85. The normalized spacial score (nSPS) is 11.0. The van der Waals surface area contributed by atoms with E-state index < -0.39 is 10.1 Å². The van der Waals surface area contributed by atoms with Crippen LogP contribution in [-0.2, 0) is 10.1 Å². The van der Waals surface area contributed by atoms with Gasteiger partial charge in [0.25, 0.3) is 0 Å². The van der Waals surface area contributed by atoms with E-state index in [0.29, 0.717) is 16.5 Å². The lowest BCUT2D eigenvalue weighted by molar-refractivity contribution is 0.474. The summed E-state index contributed by atoms with van der Waals surface area (Å²) < 4.78 is 35.1. The van der Waals surface area contributed by atoms with E-state index in [4.69, 9.17) is 20.5 Å². The number of hydrogen-bond acceptors (Lipinski definition) is 4. The third kappa shape index (κ3) is 4.07. The summed E-state index contributed by atoms with van der Waals surface area (Å²) in [6.07, 6.45) is 0. The smallest absolute Gasteiger partial charge is 0.339 e. The lowest BCUT2D eigenvalue weighted by atomic mass is 10.3. The summed E-state index contributed by atoms with van der Waals surface area (Å²) in [5.41, 5.74) is 0. The van der Waals surface area contributed by atoms with Crippen molar-refractivity contribution in [3.05, 3.63) is 83.9 Å². The molecule has 0 unspecified atom stereocenters. The summed E-state index contributed by atoms with van der Waals surface area (Å²) in [4.78, 5) is 0.0384. The molecule has 0 aliphatic rings. The summed E-state index contributed by atoms with van der Waals surface area (Å²) in [5, 5.41) is 0.455. The van der Waals surface area contributed by atoms with Gasteiger partial charge in [-0.2, -0.15) is 8.42 Å². The fraction of sp³-hybridized carbons (Fsp3) is 0. The van der Waals surface area contributed by atoms with Crippen molar-refractivity contribution in [1.29, 1.82) is 0 Å². The van der Waals surface area contributed by atoms with Crippen molar-refractivity contribution in [3.8, 4) is 17.2 Å². The molecule has 0 amide bonds. The first-order valence-electron chi connectivity index (χ1n) is 7.06. The van der Waals surface area contributed by atoms with Crippen LogP contribution in [-0.4, -0.2) is 8.42 Å². The summed E-state index contributed by atoms with van der Waals surface area (Å²) in [7, 11) is -3.90. The molecular formula is C18H13ClO4S. The molecule has 0 spiro atoms. The molecule has 6 heteroatoms. The lowest BCUT2D eigenvalue weighted by Gasteiger charge is -2.09. The molecule has 0 atom stereocenters. The average Bonchev–Trinajstić information content (AvgIpc) is 2.58. The van der Waals surface area contributed by atoms with Gasteiger partial charge in [0.15, 0.2) is 0 Å². The maximum Gasteiger partial charge on any atom is 0.339 e. The van der Waals surface area contributed by atoms with Crippen molar-refractivity contribution in [3.63, 3.8) is 0 Å². The zero-order valence-electron chi connectivity index (χ0n) is 12.4. The predicted octanol–water partition coefficient (Wildman–Crippen LogP) is 4.90. The molecule has 4 nitrogen and oxygen atoms in total. The number of benzene rings is 3. The Bertz CT molecular complexity index is 905. The number of ether oxygens (including phenoxy) is 1. The molecule has 24 heavy (non-hydrogen) atoms. The van der Waals surface area contributed by atoms with Crippen LogP contribution in [0.15, 0.2) is 83.8 Å². The Labute approximate surface area is 145 Å². The Morgan fingerprint density at radius 2 is 1.21 bits per heavy atom. The topological polar surface area (TPSA) is 52.6 Å². The van der Waals surface area contributed by atoms with E-state index in [1.807, 2.05) is 30.3 Å². The minimum Gasteiger partial charge on any atom is -0.457 e. The van der Waals surface area contributed by atoms with Crippen LogP contribution >= 0.6 is 11.6 Å². The minimum absolute atomic E-state index is 0.0384. The van der Waals surface area contributed by atoms with Gasteiger partial charge < -0.3 is 8.92 Å². The molecule has 0 bridgehead atoms. The maximum atomic E-state index is 12.2. The maximum absolute atomic E-state index is 12.2. The standard InChI is InChI=1S/C18H13ClO4S/c19-14-6-12-18(13-7-14)24(20,21)23-17-10-8-16(9-11-17)22-15-4-2-1-3-5-15/h1-13H. The van der Waals surface area contributed by atoms with Crippen molar-refractivity contribution < 1.29 is 17.3 Å². The first kappa shape index (κ1) is 16.4. The number of para-hydroxylation sites is 1. The van der Waals surface area contributed by atoms with Gasteiger partial charge >= 0.3 is 10.1 Å². The minimum atomic E-state index is -3.90. The third-order valence-corrected chi connectivity index (χ3v) is 4.62. The highest BCUT2D eigenvalue weighted by molar-refractivity contribution is 7.87. The first-order chi connectivity index (χ1) is 11.5. The van der Waals surface area contributed by atoms with Crippen LogP contribution in [0.5, 0.6) is 17.2 Å². The van der Waals surface area contributed by atoms with E-state index in [-0.39, 0.29) is 10.6 Å². The Morgan fingerprint density at radius 1 is 0.667 bits per heavy atom. The Kier molecular flexibility index (Phi) is 4.74. The van der Waals surface area contributed by atoms with Gasteiger partial charge in [0.2, 0.25) is 0 Å². The molecule has 0 aliphatic carbocycles. The van der Waals surface area contributed by atoms with E-state index in [2.05, 4.69) is 0 Å². The highest BCUT2D eigenvalue weighted by Gasteiger charge is 2.16.